The fourth-order valence-corrected chi connectivity index (χ4v) is 2.48. The Labute approximate surface area is 127 Å². The van der Waals surface area contributed by atoms with Crippen LogP contribution in [0.15, 0.2) is 18.3 Å². The van der Waals surface area contributed by atoms with Crippen molar-refractivity contribution in [3.8, 4) is 0 Å². The summed E-state index contributed by atoms with van der Waals surface area (Å²) in [5, 5.41) is 5.73. The van der Waals surface area contributed by atoms with E-state index in [1.165, 1.54) is 19.3 Å². The zero-order valence-corrected chi connectivity index (χ0v) is 12.9. The van der Waals surface area contributed by atoms with E-state index in [0.29, 0.717) is 6.54 Å². The summed E-state index contributed by atoms with van der Waals surface area (Å²) in [7, 11) is 0. The summed E-state index contributed by atoms with van der Waals surface area (Å²) in [6.07, 6.45) is 7.72. The molecular weight excluding hydrogens is 264 g/mol. The number of pyridine rings is 1. The van der Waals surface area contributed by atoms with Gasteiger partial charge in [-0.2, -0.15) is 0 Å². The molecule has 116 valence electrons. The Balaban J connectivity index is 1.69. The number of rotatable bonds is 7. The summed E-state index contributed by atoms with van der Waals surface area (Å²) < 4.78 is 0. The number of urea groups is 1. The van der Waals surface area contributed by atoms with Gasteiger partial charge in [-0.3, -0.25) is 0 Å². The number of anilines is 1. The molecule has 1 aromatic rings. The molecule has 0 saturated carbocycles. The van der Waals surface area contributed by atoms with Crippen molar-refractivity contribution in [3.63, 3.8) is 0 Å². The molecule has 0 radical (unpaired) electrons. The minimum Gasteiger partial charge on any atom is -0.357 e. The zero-order chi connectivity index (χ0) is 14.9. The Bertz CT molecular complexity index is 426. The largest absolute Gasteiger partial charge is 0.357 e. The molecule has 5 nitrogen and oxygen atoms in total. The van der Waals surface area contributed by atoms with Gasteiger partial charge < -0.3 is 15.5 Å². The van der Waals surface area contributed by atoms with Crippen LogP contribution in [0.3, 0.4) is 0 Å². The molecule has 2 N–H and O–H groups in total. The molecule has 0 unspecified atom stereocenters. The number of aromatic nitrogens is 1. The number of amides is 2. The van der Waals surface area contributed by atoms with Crippen molar-refractivity contribution in [2.75, 3.05) is 24.5 Å². The molecule has 0 spiro atoms. The smallest absolute Gasteiger partial charge is 0.315 e. The minimum absolute atomic E-state index is 0.102. The van der Waals surface area contributed by atoms with Gasteiger partial charge in [0.15, 0.2) is 0 Å². The van der Waals surface area contributed by atoms with E-state index in [1.807, 2.05) is 18.3 Å². The number of carbonyl (C=O) groups is 1. The fourth-order valence-electron chi connectivity index (χ4n) is 2.48. The van der Waals surface area contributed by atoms with Crippen LogP contribution in [-0.4, -0.2) is 30.6 Å². The van der Waals surface area contributed by atoms with Crippen molar-refractivity contribution in [1.29, 1.82) is 0 Å². The second kappa shape index (κ2) is 8.49. The second-order valence-corrected chi connectivity index (χ2v) is 5.54. The molecule has 1 aliphatic rings. The molecule has 21 heavy (non-hydrogen) atoms. The highest BCUT2D eigenvalue weighted by Gasteiger charge is 2.12. The van der Waals surface area contributed by atoms with Crippen LogP contribution in [0.4, 0.5) is 10.6 Å². The SMILES string of the molecule is CCCCCNC(=O)NCc1ccc(N2CCCC2)nc1. The maximum Gasteiger partial charge on any atom is 0.315 e. The van der Waals surface area contributed by atoms with E-state index in [2.05, 4.69) is 27.4 Å². The van der Waals surface area contributed by atoms with Crippen LogP contribution in [0.5, 0.6) is 0 Å². The standard InChI is InChI=1S/C16H26N4O/c1-2-3-4-9-17-16(21)19-13-14-7-8-15(18-12-14)20-10-5-6-11-20/h7-8,12H,2-6,9-11,13H2,1H3,(H2,17,19,21). The number of hydrogen-bond donors (Lipinski definition) is 2. The molecule has 0 aliphatic carbocycles. The Morgan fingerprint density at radius 2 is 2.05 bits per heavy atom. The normalized spacial score (nSPS) is 14.2. The third-order valence-electron chi connectivity index (χ3n) is 3.76. The highest BCUT2D eigenvalue weighted by atomic mass is 16.2. The lowest BCUT2D eigenvalue weighted by molar-refractivity contribution is 0.240. The lowest BCUT2D eigenvalue weighted by atomic mass is 10.2. The number of unbranched alkanes of at least 4 members (excludes halogenated alkanes) is 2. The van der Waals surface area contributed by atoms with E-state index in [9.17, 15) is 4.79 Å². The maximum absolute atomic E-state index is 11.6. The average molecular weight is 290 g/mol. The number of hydrogen-bond acceptors (Lipinski definition) is 3. The predicted octanol–water partition coefficient (Wildman–Crippen LogP) is 2.67. The van der Waals surface area contributed by atoms with Crippen LogP contribution >= 0.6 is 0 Å². The van der Waals surface area contributed by atoms with Crippen LogP contribution in [0, 0.1) is 0 Å². The monoisotopic (exact) mass is 290 g/mol. The van der Waals surface area contributed by atoms with Crippen LogP contribution in [0.2, 0.25) is 0 Å². The van der Waals surface area contributed by atoms with Gasteiger partial charge in [0.2, 0.25) is 0 Å². The first-order chi connectivity index (χ1) is 10.3. The van der Waals surface area contributed by atoms with Crippen molar-refractivity contribution in [3.05, 3.63) is 23.9 Å². The molecular formula is C16H26N4O. The van der Waals surface area contributed by atoms with E-state index in [1.54, 1.807) is 0 Å². The molecule has 1 fully saturated rings. The Morgan fingerprint density at radius 1 is 1.24 bits per heavy atom. The van der Waals surface area contributed by atoms with E-state index in [4.69, 9.17) is 0 Å². The van der Waals surface area contributed by atoms with Gasteiger partial charge in [0.05, 0.1) is 0 Å². The predicted molar refractivity (Wildman–Crippen MR) is 85.4 cm³/mol. The van der Waals surface area contributed by atoms with E-state index in [0.717, 1.165) is 43.9 Å². The molecule has 1 aliphatic heterocycles. The van der Waals surface area contributed by atoms with Gasteiger partial charge in [-0.05, 0) is 30.9 Å². The summed E-state index contributed by atoms with van der Waals surface area (Å²) in [6.45, 7) is 5.62. The molecule has 5 heteroatoms. The highest BCUT2D eigenvalue weighted by molar-refractivity contribution is 5.73. The third kappa shape index (κ3) is 5.25. The number of nitrogens with zero attached hydrogens (tertiary/aromatic N) is 2. The first-order valence-corrected chi connectivity index (χ1v) is 8.01. The summed E-state index contributed by atoms with van der Waals surface area (Å²) in [5.74, 6) is 1.04. The van der Waals surface area contributed by atoms with Crippen molar-refractivity contribution in [2.24, 2.45) is 0 Å². The van der Waals surface area contributed by atoms with Crippen molar-refractivity contribution < 1.29 is 4.79 Å². The molecule has 1 aromatic heterocycles. The quantitative estimate of drug-likeness (QED) is 0.759. The summed E-state index contributed by atoms with van der Waals surface area (Å²) in [5.41, 5.74) is 1.03. The maximum atomic E-state index is 11.6. The number of carbonyl (C=O) groups excluding carboxylic acids is 1. The average Bonchev–Trinajstić information content (AvgIpc) is 3.04. The summed E-state index contributed by atoms with van der Waals surface area (Å²) in [4.78, 5) is 18.4. The first-order valence-electron chi connectivity index (χ1n) is 8.01. The lowest BCUT2D eigenvalue weighted by Crippen LogP contribution is -2.35. The molecule has 0 bridgehead atoms. The van der Waals surface area contributed by atoms with E-state index >= 15 is 0 Å². The molecule has 1 saturated heterocycles. The van der Waals surface area contributed by atoms with Crippen molar-refractivity contribution >= 4 is 11.8 Å². The third-order valence-corrected chi connectivity index (χ3v) is 3.76. The summed E-state index contributed by atoms with van der Waals surface area (Å²) >= 11 is 0. The highest BCUT2D eigenvalue weighted by Crippen LogP contribution is 2.17. The Kier molecular flexibility index (Phi) is 6.31. The van der Waals surface area contributed by atoms with Crippen LogP contribution < -0.4 is 15.5 Å². The molecule has 0 aromatic carbocycles. The Hall–Kier alpha value is -1.78. The van der Waals surface area contributed by atoms with Crippen LogP contribution in [0.25, 0.3) is 0 Å². The van der Waals surface area contributed by atoms with Gasteiger partial charge in [0, 0.05) is 32.4 Å². The second-order valence-electron chi connectivity index (χ2n) is 5.54. The van der Waals surface area contributed by atoms with Crippen molar-refractivity contribution in [2.45, 2.75) is 45.6 Å². The Morgan fingerprint density at radius 3 is 2.71 bits per heavy atom. The molecule has 2 amide bonds. The van der Waals surface area contributed by atoms with E-state index in [-0.39, 0.29) is 6.03 Å². The van der Waals surface area contributed by atoms with Gasteiger partial charge in [-0.15, -0.1) is 0 Å². The zero-order valence-electron chi connectivity index (χ0n) is 12.9. The fraction of sp³-hybridized carbons (Fsp3) is 0.625. The molecule has 0 atom stereocenters. The van der Waals surface area contributed by atoms with Crippen molar-refractivity contribution in [1.82, 2.24) is 15.6 Å². The number of nitrogens with one attached hydrogen (secondary N) is 2. The lowest BCUT2D eigenvalue weighted by Gasteiger charge is -2.16. The van der Waals surface area contributed by atoms with Gasteiger partial charge in [-0.1, -0.05) is 25.8 Å². The van der Waals surface area contributed by atoms with Gasteiger partial charge in [-0.25, -0.2) is 9.78 Å². The van der Waals surface area contributed by atoms with E-state index < -0.39 is 0 Å². The summed E-state index contributed by atoms with van der Waals surface area (Å²) in [6, 6.07) is 3.98. The van der Waals surface area contributed by atoms with Gasteiger partial charge in [0.1, 0.15) is 5.82 Å². The van der Waals surface area contributed by atoms with Gasteiger partial charge >= 0.3 is 6.03 Å². The van der Waals surface area contributed by atoms with Gasteiger partial charge in [0.25, 0.3) is 0 Å². The molecule has 2 rings (SSSR count). The molecule has 2 heterocycles. The first kappa shape index (κ1) is 15.6. The minimum atomic E-state index is -0.102. The van der Waals surface area contributed by atoms with Crippen LogP contribution in [0.1, 0.15) is 44.6 Å². The topological polar surface area (TPSA) is 57.3 Å². The van der Waals surface area contributed by atoms with Crippen LogP contribution in [-0.2, 0) is 6.54 Å².